The summed E-state index contributed by atoms with van der Waals surface area (Å²) in [4.78, 5) is 13.7. The molecule has 18 heavy (non-hydrogen) atoms. The van der Waals surface area contributed by atoms with Crippen molar-refractivity contribution in [1.82, 2.24) is 4.90 Å². The van der Waals surface area contributed by atoms with Crippen molar-refractivity contribution >= 4 is 18.3 Å². The maximum absolute atomic E-state index is 13.1. The summed E-state index contributed by atoms with van der Waals surface area (Å²) in [5.41, 5.74) is 7.46. The molecule has 1 heterocycles. The van der Waals surface area contributed by atoms with E-state index in [4.69, 9.17) is 5.73 Å². The Bertz CT molecular complexity index is 439. The van der Waals surface area contributed by atoms with Crippen LogP contribution in [0.25, 0.3) is 0 Å². The Morgan fingerprint density at radius 1 is 1.56 bits per heavy atom. The first-order chi connectivity index (χ1) is 8.06. The standard InChI is InChI=1S/C13H17FN2O.ClH/c1-9-2-3-11(14)6-10(9)7-13(17)16-5-4-12(15)8-16;/h2-3,6,12H,4-5,7-8,15H2,1H3;1H. The number of amides is 1. The first-order valence-electron chi connectivity index (χ1n) is 5.84. The number of carbonyl (C=O) groups excluding carboxylic acids is 1. The molecule has 1 aliphatic heterocycles. The zero-order valence-electron chi connectivity index (χ0n) is 10.4. The second-order valence-electron chi connectivity index (χ2n) is 4.64. The number of aryl methyl sites for hydroxylation is 1. The molecule has 1 unspecified atom stereocenters. The Hall–Kier alpha value is -1.13. The summed E-state index contributed by atoms with van der Waals surface area (Å²) in [6, 6.07) is 4.64. The van der Waals surface area contributed by atoms with E-state index in [1.165, 1.54) is 12.1 Å². The van der Waals surface area contributed by atoms with Crippen molar-refractivity contribution in [3.05, 3.63) is 35.1 Å². The van der Waals surface area contributed by atoms with Crippen LogP contribution in [0.2, 0.25) is 0 Å². The van der Waals surface area contributed by atoms with Gasteiger partial charge in [-0.3, -0.25) is 4.79 Å². The van der Waals surface area contributed by atoms with E-state index in [-0.39, 0.29) is 36.6 Å². The Kier molecular flexibility index (Phi) is 5.11. The molecule has 2 N–H and O–H groups in total. The minimum Gasteiger partial charge on any atom is -0.341 e. The molecule has 5 heteroatoms. The van der Waals surface area contributed by atoms with Gasteiger partial charge in [0.25, 0.3) is 0 Å². The van der Waals surface area contributed by atoms with Crippen LogP contribution in [0.1, 0.15) is 17.5 Å². The van der Waals surface area contributed by atoms with Crippen LogP contribution in [0, 0.1) is 12.7 Å². The van der Waals surface area contributed by atoms with Crippen molar-refractivity contribution in [1.29, 1.82) is 0 Å². The summed E-state index contributed by atoms with van der Waals surface area (Å²) in [7, 11) is 0. The number of likely N-dealkylation sites (tertiary alicyclic amines) is 1. The Labute approximate surface area is 113 Å². The summed E-state index contributed by atoms with van der Waals surface area (Å²) in [6.07, 6.45) is 1.12. The molecule has 0 radical (unpaired) electrons. The highest BCUT2D eigenvalue weighted by Crippen LogP contribution is 2.14. The molecule has 1 amide bonds. The average molecular weight is 273 g/mol. The van der Waals surface area contributed by atoms with Crippen LogP contribution >= 0.6 is 12.4 Å². The van der Waals surface area contributed by atoms with E-state index in [0.717, 1.165) is 17.5 Å². The number of hydrogen-bond donors (Lipinski definition) is 1. The van der Waals surface area contributed by atoms with E-state index in [0.29, 0.717) is 13.1 Å². The SMILES string of the molecule is Cc1ccc(F)cc1CC(=O)N1CCC(N)C1.Cl. The van der Waals surface area contributed by atoms with Gasteiger partial charge in [0.05, 0.1) is 6.42 Å². The van der Waals surface area contributed by atoms with Gasteiger partial charge in [0.15, 0.2) is 0 Å². The molecule has 3 nitrogen and oxygen atoms in total. The smallest absolute Gasteiger partial charge is 0.227 e. The lowest BCUT2D eigenvalue weighted by Gasteiger charge is -2.16. The number of nitrogens with zero attached hydrogens (tertiary/aromatic N) is 1. The van der Waals surface area contributed by atoms with Crippen molar-refractivity contribution in [3.8, 4) is 0 Å². The largest absolute Gasteiger partial charge is 0.341 e. The molecule has 1 saturated heterocycles. The number of nitrogens with two attached hydrogens (primary N) is 1. The van der Waals surface area contributed by atoms with Crippen LogP contribution in [0.4, 0.5) is 4.39 Å². The molecule has 1 aromatic rings. The molecule has 0 bridgehead atoms. The first-order valence-corrected chi connectivity index (χ1v) is 5.84. The molecule has 0 aromatic heterocycles. The van der Waals surface area contributed by atoms with Gasteiger partial charge in [-0.15, -0.1) is 12.4 Å². The highest BCUT2D eigenvalue weighted by molar-refractivity contribution is 5.85. The number of halogens is 2. The van der Waals surface area contributed by atoms with E-state index in [1.54, 1.807) is 11.0 Å². The molecular formula is C13H18ClFN2O. The van der Waals surface area contributed by atoms with E-state index in [2.05, 4.69) is 0 Å². The predicted molar refractivity (Wildman–Crippen MR) is 71.3 cm³/mol. The first kappa shape index (κ1) is 14.9. The van der Waals surface area contributed by atoms with Crippen molar-refractivity contribution in [2.75, 3.05) is 13.1 Å². The maximum Gasteiger partial charge on any atom is 0.227 e. The van der Waals surface area contributed by atoms with Crippen molar-refractivity contribution in [2.24, 2.45) is 5.73 Å². The van der Waals surface area contributed by atoms with Gasteiger partial charge in [-0.1, -0.05) is 6.07 Å². The second-order valence-corrected chi connectivity index (χ2v) is 4.64. The summed E-state index contributed by atoms with van der Waals surface area (Å²) < 4.78 is 13.1. The highest BCUT2D eigenvalue weighted by atomic mass is 35.5. The Morgan fingerprint density at radius 3 is 2.89 bits per heavy atom. The quantitative estimate of drug-likeness (QED) is 0.890. The summed E-state index contributed by atoms with van der Waals surface area (Å²) in [6.45, 7) is 3.22. The second kappa shape index (κ2) is 6.16. The van der Waals surface area contributed by atoms with Gasteiger partial charge in [0.1, 0.15) is 5.82 Å². The normalized spacial score (nSPS) is 18.6. The third-order valence-electron chi connectivity index (χ3n) is 3.23. The predicted octanol–water partition coefficient (Wildman–Crippen LogP) is 1.66. The van der Waals surface area contributed by atoms with Gasteiger partial charge < -0.3 is 10.6 Å². The molecule has 1 aromatic carbocycles. The third kappa shape index (κ3) is 3.43. The van der Waals surface area contributed by atoms with Crippen LogP contribution in [-0.2, 0) is 11.2 Å². The van der Waals surface area contributed by atoms with Gasteiger partial charge in [0.2, 0.25) is 5.91 Å². The Balaban J connectivity index is 0.00000162. The fourth-order valence-electron chi connectivity index (χ4n) is 2.12. The lowest BCUT2D eigenvalue weighted by Crippen LogP contribution is -2.33. The van der Waals surface area contributed by atoms with E-state index in [1.807, 2.05) is 6.92 Å². The number of benzene rings is 1. The molecule has 1 aliphatic rings. The van der Waals surface area contributed by atoms with Crippen LogP contribution in [0.3, 0.4) is 0 Å². The van der Waals surface area contributed by atoms with Crippen molar-refractivity contribution in [3.63, 3.8) is 0 Å². The minimum absolute atomic E-state index is 0. The van der Waals surface area contributed by atoms with E-state index >= 15 is 0 Å². The lowest BCUT2D eigenvalue weighted by molar-refractivity contribution is -0.129. The van der Waals surface area contributed by atoms with Crippen LogP contribution in [0.5, 0.6) is 0 Å². The van der Waals surface area contributed by atoms with E-state index in [9.17, 15) is 9.18 Å². The molecule has 0 saturated carbocycles. The molecule has 0 spiro atoms. The lowest BCUT2D eigenvalue weighted by atomic mass is 10.1. The topological polar surface area (TPSA) is 46.3 Å². The molecule has 0 aliphatic carbocycles. The average Bonchev–Trinajstić information content (AvgIpc) is 2.70. The van der Waals surface area contributed by atoms with Crippen LogP contribution in [-0.4, -0.2) is 29.9 Å². The summed E-state index contributed by atoms with van der Waals surface area (Å²) >= 11 is 0. The van der Waals surface area contributed by atoms with Gasteiger partial charge in [0, 0.05) is 19.1 Å². The maximum atomic E-state index is 13.1. The highest BCUT2D eigenvalue weighted by Gasteiger charge is 2.23. The number of carbonyl (C=O) groups is 1. The fourth-order valence-corrected chi connectivity index (χ4v) is 2.12. The van der Waals surface area contributed by atoms with Crippen molar-refractivity contribution < 1.29 is 9.18 Å². The zero-order chi connectivity index (χ0) is 12.4. The van der Waals surface area contributed by atoms with Gasteiger partial charge in [-0.25, -0.2) is 4.39 Å². The minimum atomic E-state index is -0.295. The van der Waals surface area contributed by atoms with Gasteiger partial charge >= 0.3 is 0 Å². The number of hydrogen-bond acceptors (Lipinski definition) is 2. The van der Waals surface area contributed by atoms with Gasteiger partial charge in [-0.05, 0) is 36.6 Å². The van der Waals surface area contributed by atoms with Crippen molar-refractivity contribution in [2.45, 2.75) is 25.8 Å². The fraction of sp³-hybridized carbons (Fsp3) is 0.462. The van der Waals surface area contributed by atoms with Crippen LogP contribution in [0.15, 0.2) is 18.2 Å². The monoisotopic (exact) mass is 272 g/mol. The van der Waals surface area contributed by atoms with Gasteiger partial charge in [-0.2, -0.15) is 0 Å². The summed E-state index contributed by atoms with van der Waals surface area (Å²) in [5, 5.41) is 0. The molecular weight excluding hydrogens is 255 g/mol. The molecule has 1 fully saturated rings. The zero-order valence-corrected chi connectivity index (χ0v) is 11.2. The molecule has 2 rings (SSSR count). The Morgan fingerprint density at radius 2 is 2.28 bits per heavy atom. The molecule has 100 valence electrons. The summed E-state index contributed by atoms with van der Waals surface area (Å²) in [5.74, 6) is -0.261. The molecule has 1 atom stereocenters. The third-order valence-corrected chi connectivity index (χ3v) is 3.23. The van der Waals surface area contributed by atoms with Crippen LogP contribution < -0.4 is 5.73 Å². The van der Waals surface area contributed by atoms with E-state index < -0.39 is 0 Å². The number of rotatable bonds is 2.